The molecule has 1 aliphatic carbocycles. The van der Waals surface area contributed by atoms with Crippen molar-refractivity contribution in [2.45, 2.75) is 26.7 Å². The van der Waals surface area contributed by atoms with Gasteiger partial charge in [-0.25, -0.2) is 0 Å². The zero-order valence-corrected chi connectivity index (χ0v) is 6.31. The highest BCUT2D eigenvalue weighted by Crippen LogP contribution is 2.55. The minimum absolute atomic E-state index is 0.00810. The molecule has 2 heteroatoms. The first kappa shape index (κ1) is 6.20. The van der Waals surface area contributed by atoms with Crippen LogP contribution in [0, 0.1) is 17.4 Å². The predicted molar refractivity (Wildman–Crippen MR) is 35.8 cm³/mol. The lowest BCUT2D eigenvalue weighted by atomic mass is 9.83. The molecule has 2 rings (SSSR count). The van der Waals surface area contributed by atoms with Gasteiger partial charge in [0.15, 0.2) is 6.10 Å². The number of ether oxygens (including phenoxy) is 1. The van der Waals surface area contributed by atoms with Crippen LogP contribution in [0.2, 0.25) is 0 Å². The summed E-state index contributed by atoms with van der Waals surface area (Å²) in [5, 5.41) is 0. The van der Waals surface area contributed by atoms with E-state index in [1.807, 2.05) is 0 Å². The molecule has 1 heterocycles. The molecule has 1 aliphatic heterocycles. The van der Waals surface area contributed by atoms with E-state index in [4.69, 9.17) is 4.74 Å². The van der Waals surface area contributed by atoms with Gasteiger partial charge in [-0.3, -0.25) is 4.79 Å². The monoisotopic (exact) mass is 139 g/mol. The van der Waals surface area contributed by atoms with Gasteiger partial charge in [-0.05, 0) is 12.8 Å². The highest BCUT2D eigenvalue weighted by Gasteiger charge is 2.56. The van der Waals surface area contributed by atoms with Crippen LogP contribution in [0.1, 0.15) is 26.7 Å². The second-order valence-electron chi connectivity index (χ2n) is 3.66. The fourth-order valence-electron chi connectivity index (χ4n) is 1.94. The highest BCUT2D eigenvalue weighted by molar-refractivity contribution is 5.78. The summed E-state index contributed by atoms with van der Waals surface area (Å²) in [7, 11) is 0. The Hall–Kier alpha value is -0.530. The fourth-order valence-corrected chi connectivity index (χ4v) is 1.94. The summed E-state index contributed by atoms with van der Waals surface area (Å²) in [5.74, 6) is 0.147. The molecular weight excluding hydrogens is 128 g/mol. The maximum atomic E-state index is 11.0. The predicted octanol–water partition coefficient (Wildman–Crippen LogP) is 1.51. The van der Waals surface area contributed by atoms with Gasteiger partial charge in [0.25, 0.3) is 0 Å². The van der Waals surface area contributed by atoms with E-state index in [1.165, 1.54) is 0 Å². The van der Waals surface area contributed by atoms with Crippen LogP contribution < -0.4 is 0 Å². The van der Waals surface area contributed by atoms with Gasteiger partial charge in [-0.15, -0.1) is 0 Å². The zero-order chi connectivity index (χ0) is 7.35. The molecule has 0 spiro atoms. The minimum Gasteiger partial charge on any atom is -0.454 e. The molecular formula is C8H11O2. The molecule has 1 radical (unpaired) electrons. The van der Waals surface area contributed by atoms with Crippen molar-refractivity contribution in [3.05, 3.63) is 6.10 Å². The lowest BCUT2D eigenvalue weighted by Crippen LogP contribution is -2.18. The Morgan fingerprint density at radius 1 is 1.60 bits per heavy atom. The second kappa shape index (κ2) is 1.55. The molecule has 55 valence electrons. The molecule has 2 bridgehead atoms. The number of rotatable bonds is 0. The van der Waals surface area contributed by atoms with Gasteiger partial charge < -0.3 is 4.74 Å². The maximum absolute atomic E-state index is 11.0. The van der Waals surface area contributed by atoms with Crippen molar-refractivity contribution >= 4 is 5.97 Å². The topological polar surface area (TPSA) is 26.3 Å². The van der Waals surface area contributed by atoms with E-state index >= 15 is 0 Å². The van der Waals surface area contributed by atoms with Crippen LogP contribution in [-0.4, -0.2) is 5.97 Å². The number of esters is 1. The summed E-state index contributed by atoms with van der Waals surface area (Å²) >= 11 is 0. The standard InChI is InChI=1S/C8H11O2/c1-8(2)5-3-4-6(8)10-7(5)9/h5H,3-4H2,1-2H3. The van der Waals surface area contributed by atoms with Crippen molar-refractivity contribution in [2.24, 2.45) is 11.3 Å². The Morgan fingerprint density at radius 3 is 2.50 bits per heavy atom. The average molecular weight is 139 g/mol. The summed E-state index contributed by atoms with van der Waals surface area (Å²) in [6, 6.07) is 0. The van der Waals surface area contributed by atoms with E-state index in [0.717, 1.165) is 18.9 Å². The SMILES string of the molecule is CC1(C)[C]2CCC1C(=O)O2. The largest absolute Gasteiger partial charge is 0.454 e. The molecule has 1 saturated heterocycles. The summed E-state index contributed by atoms with van der Waals surface area (Å²) in [6.45, 7) is 4.18. The smallest absolute Gasteiger partial charge is 0.310 e. The van der Waals surface area contributed by atoms with E-state index in [-0.39, 0.29) is 17.3 Å². The summed E-state index contributed by atoms with van der Waals surface area (Å²) < 4.78 is 5.05. The van der Waals surface area contributed by atoms with Crippen molar-refractivity contribution < 1.29 is 9.53 Å². The van der Waals surface area contributed by atoms with E-state index in [2.05, 4.69) is 13.8 Å². The van der Waals surface area contributed by atoms with Crippen molar-refractivity contribution in [2.75, 3.05) is 0 Å². The highest BCUT2D eigenvalue weighted by atomic mass is 16.6. The van der Waals surface area contributed by atoms with Gasteiger partial charge in [0, 0.05) is 5.41 Å². The third-order valence-corrected chi connectivity index (χ3v) is 2.76. The molecule has 2 fully saturated rings. The summed E-state index contributed by atoms with van der Waals surface area (Å²) in [6.07, 6.45) is 2.99. The van der Waals surface area contributed by atoms with Gasteiger partial charge in [0.05, 0.1) is 5.92 Å². The molecule has 10 heavy (non-hydrogen) atoms. The van der Waals surface area contributed by atoms with Crippen molar-refractivity contribution in [3.8, 4) is 0 Å². The number of carbonyl (C=O) groups excluding carboxylic acids is 1. The van der Waals surface area contributed by atoms with Gasteiger partial charge in [0.2, 0.25) is 0 Å². The Bertz CT molecular complexity index is 184. The third-order valence-electron chi connectivity index (χ3n) is 2.76. The molecule has 0 amide bonds. The fraction of sp³-hybridized carbons (Fsp3) is 0.750. The third kappa shape index (κ3) is 0.522. The quantitative estimate of drug-likeness (QED) is 0.475. The van der Waals surface area contributed by atoms with E-state index in [9.17, 15) is 4.79 Å². The van der Waals surface area contributed by atoms with Gasteiger partial charge in [-0.1, -0.05) is 13.8 Å². The normalized spacial score (nSPS) is 36.6. The molecule has 0 N–H and O–H groups in total. The molecule has 0 aromatic rings. The van der Waals surface area contributed by atoms with Crippen molar-refractivity contribution in [1.82, 2.24) is 0 Å². The van der Waals surface area contributed by atoms with Gasteiger partial charge in [-0.2, -0.15) is 0 Å². The van der Waals surface area contributed by atoms with E-state index < -0.39 is 0 Å². The van der Waals surface area contributed by atoms with Crippen LogP contribution in [0.25, 0.3) is 0 Å². The first-order valence-electron chi connectivity index (χ1n) is 3.70. The van der Waals surface area contributed by atoms with Crippen LogP contribution in [0.3, 0.4) is 0 Å². The Morgan fingerprint density at radius 2 is 2.30 bits per heavy atom. The molecule has 2 nitrogen and oxygen atoms in total. The van der Waals surface area contributed by atoms with Gasteiger partial charge in [0.1, 0.15) is 0 Å². The van der Waals surface area contributed by atoms with E-state index in [1.54, 1.807) is 0 Å². The van der Waals surface area contributed by atoms with Crippen molar-refractivity contribution in [3.63, 3.8) is 0 Å². The van der Waals surface area contributed by atoms with Crippen molar-refractivity contribution in [1.29, 1.82) is 0 Å². The van der Waals surface area contributed by atoms with Crippen LogP contribution in [-0.2, 0) is 9.53 Å². The molecule has 1 saturated carbocycles. The molecule has 0 aromatic carbocycles. The number of hydrogen-bond donors (Lipinski definition) is 0. The summed E-state index contributed by atoms with van der Waals surface area (Å²) in [5.41, 5.74) is 0.0388. The molecule has 1 atom stereocenters. The van der Waals surface area contributed by atoms with E-state index in [0.29, 0.717) is 0 Å². The average Bonchev–Trinajstić information content (AvgIpc) is 2.20. The number of hydrogen-bond acceptors (Lipinski definition) is 2. The lowest BCUT2D eigenvalue weighted by Gasteiger charge is -2.17. The number of carbonyl (C=O) groups is 1. The van der Waals surface area contributed by atoms with Gasteiger partial charge >= 0.3 is 5.97 Å². The van der Waals surface area contributed by atoms with Crippen LogP contribution in [0.15, 0.2) is 0 Å². The molecule has 0 aromatic heterocycles. The zero-order valence-electron chi connectivity index (χ0n) is 6.31. The van der Waals surface area contributed by atoms with Crippen LogP contribution in [0.4, 0.5) is 0 Å². The second-order valence-corrected chi connectivity index (χ2v) is 3.66. The summed E-state index contributed by atoms with van der Waals surface area (Å²) in [4.78, 5) is 11.0. The molecule has 1 unspecified atom stereocenters. The molecule has 2 aliphatic rings. The minimum atomic E-state index is -0.00810. The first-order chi connectivity index (χ1) is 4.62. The Balaban J connectivity index is 2.35. The maximum Gasteiger partial charge on any atom is 0.310 e. The van der Waals surface area contributed by atoms with Crippen LogP contribution in [0.5, 0.6) is 0 Å². The number of fused-ring (bicyclic) bond motifs is 2. The Labute approximate surface area is 60.6 Å². The lowest BCUT2D eigenvalue weighted by molar-refractivity contribution is -0.143. The first-order valence-corrected chi connectivity index (χ1v) is 3.70. The Kier molecular flexibility index (Phi) is 0.960. The van der Waals surface area contributed by atoms with Crippen LogP contribution >= 0.6 is 0 Å².